The molecule has 1 aliphatic heterocycles. The number of hydrogen-bond donors (Lipinski definition) is 1. The number of hydrogen-bond acceptors (Lipinski definition) is 4. The third-order valence-electron chi connectivity index (χ3n) is 4.43. The third kappa shape index (κ3) is 3.43. The first kappa shape index (κ1) is 14.5. The molecule has 1 saturated carbocycles. The smallest absolute Gasteiger partial charge is 0.245 e. The van der Waals surface area contributed by atoms with Crippen molar-refractivity contribution in [2.75, 3.05) is 6.54 Å². The minimum absolute atomic E-state index is 0.000521. The fourth-order valence-electron chi connectivity index (χ4n) is 3.29. The average Bonchev–Trinajstić information content (AvgIpc) is 2.97. The van der Waals surface area contributed by atoms with Crippen LogP contribution in [0.15, 0.2) is 11.6 Å². The Labute approximate surface area is 128 Å². The largest absolute Gasteiger partial charge is 0.344 e. The van der Waals surface area contributed by atoms with Gasteiger partial charge in [-0.3, -0.25) is 9.59 Å². The molecule has 3 rings (SSSR count). The van der Waals surface area contributed by atoms with Gasteiger partial charge in [0.2, 0.25) is 11.8 Å². The van der Waals surface area contributed by atoms with Gasteiger partial charge < -0.3 is 10.2 Å². The molecule has 1 atom stereocenters. The summed E-state index contributed by atoms with van der Waals surface area (Å²) in [5.74, 6) is 0.371. The van der Waals surface area contributed by atoms with Crippen molar-refractivity contribution in [3.05, 3.63) is 16.6 Å². The molecule has 21 heavy (non-hydrogen) atoms. The zero-order valence-corrected chi connectivity index (χ0v) is 12.9. The van der Waals surface area contributed by atoms with Crippen LogP contribution >= 0.6 is 11.3 Å². The highest BCUT2D eigenvalue weighted by atomic mass is 32.1. The summed E-state index contributed by atoms with van der Waals surface area (Å²) in [7, 11) is 0. The first-order valence-electron chi connectivity index (χ1n) is 7.70. The zero-order chi connectivity index (χ0) is 14.7. The lowest BCUT2D eigenvalue weighted by atomic mass is 9.83. The molecule has 6 heteroatoms. The van der Waals surface area contributed by atoms with Crippen LogP contribution in [0.5, 0.6) is 0 Å². The Kier molecular flexibility index (Phi) is 4.53. The molecular formula is C15H21N3O2S. The van der Waals surface area contributed by atoms with Crippen LogP contribution in [0.25, 0.3) is 0 Å². The van der Waals surface area contributed by atoms with Crippen LogP contribution in [0.3, 0.4) is 0 Å². The molecule has 0 aromatic carbocycles. The van der Waals surface area contributed by atoms with Gasteiger partial charge in [-0.05, 0) is 18.8 Å². The molecule has 0 radical (unpaired) electrons. The predicted molar refractivity (Wildman–Crippen MR) is 80.7 cm³/mol. The Balaban J connectivity index is 1.74. The molecule has 0 bridgehead atoms. The molecule has 0 spiro atoms. The summed E-state index contributed by atoms with van der Waals surface area (Å²) in [5, 5.41) is 5.81. The topological polar surface area (TPSA) is 62.3 Å². The number of carbonyl (C=O) groups is 2. The quantitative estimate of drug-likeness (QED) is 0.928. The van der Waals surface area contributed by atoms with Gasteiger partial charge in [-0.15, -0.1) is 11.3 Å². The summed E-state index contributed by atoms with van der Waals surface area (Å²) in [6.07, 6.45) is 7.80. The zero-order valence-electron chi connectivity index (χ0n) is 12.1. The number of amides is 2. The third-order valence-corrected chi connectivity index (χ3v) is 5.20. The SMILES string of the molecule is O=C1CCN(Cc2nccs2)C(=O)C(C2CCCCC2)N1. The van der Waals surface area contributed by atoms with Crippen molar-refractivity contribution in [3.8, 4) is 0 Å². The van der Waals surface area contributed by atoms with E-state index < -0.39 is 0 Å². The molecule has 1 N–H and O–H groups in total. The number of rotatable bonds is 3. The minimum Gasteiger partial charge on any atom is -0.344 e. The van der Waals surface area contributed by atoms with Gasteiger partial charge in [0.1, 0.15) is 11.0 Å². The Morgan fingerprint density at radius 1 is 1.29 bits per heavy atom. The molecule has 1 aromatic rings. The first-order chi connectivity index (χ1) is 10.2. The van der Waals surface area contributed by atoms with Crippen molar-refractivity contribution in [2.45, 2.75) is 51.1 Å². The lowest BCUT2D eigenvalue weighted by molar-refractivity contribution is -0.136. The fraction of sp³-hybridized carbons (Fsp3) is 0.667. The molecular weight excluding hydrogens is 286 g/mol. The molecule has 2 amide bonds. The van der Waals surface area contributed by atoms with Crippen LogP contribution in [0.1, 0.15) is 43.5 Å². The van der Waals surface area contributed by atoms with Gasteiger partial charge in [0.15, 0.2) is 0 Å². The maximum Gasteiger partial charge on any atom is 0.245 e. The first-order valence-corrected chi connectivity index (χ1v) is 8.58. The van der Waals surface area contributed by atoms with E-state index in [-0.39, 0.29) is 17.9 Å². The molecule has 5 nitrogen and oxygen atoms in total. The van der Waals surface area contributed by atoms with Crippen LogP contribution in [-0.4, -0.2) is 34.3 Å². The van der Waals surface area contributed by atoms with Gasteiger partial charge in [0.05, 0.1) is 6.54 Å². The standard InChI is InChI=1S/C15H21N3O2S/c19-12-6-8-18(10-13-16-7-9-21-13)15(20)14(17-12)11-4-2-1-3-5-11/h7,9,11,14H,1-6,8,10H2,(H,17,19). The average molecular weight is 307 g/mol. The van der Waals surface area contributed by atoms with E-state index in [1.807, 2.05) is 5.38 Å². The number of nitrogens with zero attached hydrogens (tertiary/aromatic N) is 2. The number of thiazole rings is 1. The maximum atomic E-state index is 12.8. The highest BCUT2D eigenvalue weighted by molar-refractivity contribution is 7.09. The molecule has 2 aliphatic rings. The lowest BCUT2D eigenvalue weighted by Gasteiger charge is -2.31. The fourth-order valence-corrected chi connectivity index (χ4v) is 3.92. The van der Waals surface area contributed by atoms with E-state index >= 15 is 0 Å². The van der Waals surface area contributed by atoms with Crippen molar-refractivity contribution in [1.29, 1.82) is 0 Å². The lowest BCUT2D eigenvalue weighted by Crippen LogP contribution is -2.49. The van der Waals surface area contributed by atoms with E-state index in [2.05, 4.69) is 10.3 Å². The summed E-state index contributed by atoms with van der Waals surface area (Å²) in [4.78, 5) is 30.8. The van der Waals surface area contributed by atoms with E-state index in [0.717, 1.165) is 30.7 Å². The van der Waals surface area contributed by atoms with Gasteiger partial charge in [-0.25, -0.2) is 4.98 Å². The Bertz CT molecular complexity index is 497. The van der Waals surface area contributed by atoms with E-state index in [1.165, 1.54) is 6.42 Å². The van der Waals surface area contributed by atoms with E-state index in [0.29, 0.717) is 25.4 Å². The number of aromatic nitrogens is 1. The molecule has 1 saturated heterocycles. The van der Waals surface area contributed by atoms with Gasteiger partial charge in [-0.1, -0.05) is 19.3 Å². The van der Waals surface area contributed by atoms with E-state index in [9.17, 15) is 9.59 Å². The normalized spacial score (nSPS) is 24.8. The van der Waals surface area contributed by atoms with Crippen LogP contribution in [0, 0.1) is 5.92 Å². The maximum absolute atomic E-state index is 12.8. The predicted octanol–water partition coefficient (Wildman–Crippen LogP) is 1.94. The number of carbonyl (C=O) groups excluding carboxylic acids is 2. The van der Waals surface area contributed by atoms with Crippen LogP contribution in [0.2, 0.25) is 0 Å². The minimum atomic E-state index is -0.333. The summed E-state index contributed by atoms with van der Waals surface area (Å²) in [6, 6.07) is -0.333. The van der Waals surface area contributed by atoms with Gasteiger partial charge in [-0.2, -0.15) is 0 Å². The summed E-state index contributed by atoms with van der Waals surface area (Å²) >= 11 is 1.55. The van der Waals surface area contributed by atoms with Gasteiger partial charge >= 0.3 is 0 Å². The molecule has 1 aromatic heterocycles. The van der Waals surface area contributed by atoms with Crippen LogP contribution < -0.4 is 5.32 Å². The van der Waals surface area contributed by atoms with Crippen molar-refractivity contribution in [1.82, 2.24) is 15.2 Å². The summed E-state index contributed by atoms with van der Waals surface area (Å²) < 4.78 is 0. The monoisotopic (exact) mass is 307 g/mol. The van der Waals surface area contributed by atoms with Gasteiger partial charge in [0.25, 0.3) is 0 Å². The van der Waals surface area contributed by atoms with E-state index in [1.54, 1.807) is 22.4 Å². The molecule has 2 heterocycles. The highest BCUT2D eigenvalue weighted by Gasteiger charge is 2.36. The number of nitrogens with one attached hydrogen (secondary N) is 1. The van der Waals surface area contributed by atoms with Crippen LogP contribution in [0.4, 0.5) is 0 Å². The molecule has 2 fully saturated rings. The second kappa shape index (κ2) is 6.56. The van der Waals surface area contributed by atoms with Crippen LogP contribution in [-0.2, 0) is 16.1 Å². The Hall–Kier alpha value is -1.43. The molecule has 1 unspecified atom stereocenters. The Morgan fingerprint density at radius 2 is 2.10 bits per heavy atom. The van der Waals surface area contributed by atoms with Crippen molar-refractivity contribution < 1.29 is 9.59 Å². The van der Waals surface area contributed by atoms with Crippen molar-refractivity contribution in [2.24, 2.45) is 5.92 Å². The Morgan fingerprint density at radius 3 is 2.81 bits per heavy atom. The van der Waals surface area contributed by atoms with Gasteiger partial charge in [0, 0.05) is 24.5 Å². The van der Waals surface area contributed by atoms with Crippen molar-refractivity contribution >= 4 is 23.2 Å². The second-order valence-electron chi connectivity index (χ2n) is 5.88. The molecule has 114 valence electrons. The summed E-state index contributed by atoms with van der Waals surface area (Å²) in [6.45, 7) is 1.02. The second-order valence-corrected chi connectivity index (χ2v) is 6.86. The van der Waals surface area contributed by atoms with E-state index in [4.69, 9.17) is 0 Å². The highest BCUT2D eigenvalue weighted by Crippen LogP contribution is 2.28. The summed E-state index contributed by atoms with van der Waals surface area (Å²) in [5.41, 5.74) is 0. The molecule has 1 aliphatic carbocycles. The van der Waals surface area contributed by atoms with Crippen molar-refractivity contribution in [3.63, 3.8) is 0 Å².